The Balaban J connectivity index is 2.53. The molecule has 0 nitrogen and oxygen atoms in total. The van der Waals surface area contributed by atoms with Crippen molar-refractivity contribution < 1.29 is 0 Å². The Hall–Kier alpha value is -1.34. The predicted molar refractivity (Wildman–Crippen MR) is 69.7 cm³/mol. The standard InChI is InChI=1S/C14H11Br/c1-2-11-5-3-4-6-14(11)12-7-9-13(15)10-8-12/h2-10H,1H2. The third-order valence-electron chi connectivity index (χ3n) is 2.34. The summed E-state index contributed by atoms with van der Waals surface area (Å²) in [5, 5.41) is 0. The fraction of sp³-hybridized carbons (Fsp3) is 0. The van der Waals surface area contributed by atoms with E-state index in [1.54, 1.807) is 0 Å². The zero-order valence-electron chi connectivity index (χ0n) is 8.28. The minimum Gasteiger partial charge on any atom is -0.0984 e. The zero-order valence-corrected chi connectivity index (χ0v) is 9.87. The molecule has 15 heavy (non-hydrogen) atoms. The van der Waals surface area contributed by atoms with E-state index in [0.29, 0.717) is 0 Å². The Morgan fingerprint density at radius 1 is 0.933 bits per heavy atom. The number of halogens is 1. The van der Waals surface area contributed by atoms with E-state index in [1.165, 1.54) is 16.7 Å². The highest BCUT2D eigenvalue weighted by molar-refractivity contribution is 9.10. The second-order valence-corrected chi connectivity index (χ2v) is 4.21. The number of rotatable bonds is 2. The molecule has 0 amide bonds. The van der Waals surface area contributed by atoms with Crippen LogP contribution in [0.15, 0.2) is 59.6 Å². The number of benzene rings is 2. The van der Waals surface area contributed by atoms with Crippen molar-refractivity contribution in [1.82, 2.24) is 0 Å². The molecule has 0 saturated heterocycles. The topological polar surface area (TPSA) is 0 Å². The molecule has 0 radical (unpaired) electrons. The van der Waals surface area contributed by atoms with Crippen molar-refractivity contribution in [3.8, 4) is 11.1 Å². The van der Waals surface area contributed by atoms with Gasteiger partial charge in [0.25, 0.3) is 0 Å². The molecule has 0 unspecified atom stereocenters. The van der Waals surface area contributed by atoms with Gasteiger partial charge < -0.3 is 0 Å². The molecule has 0 aliphatic heterocycles. The van der Waals surface area contributed by atoms with Crippen molar-refractivity contribution in [2.24, 2.45) is 0 Å². The summed E-state index contributed by atoms with van der Waals surface area (Å²) in [7, 11) is 0. The minimum atomic E-state index is 1.10. The molecule has 0 heterocycles. The van der Waals surface area contributed by atoms with Gasteiger partial charge in [-0.3, -0.25) is 0 Å². The number of hydrogen-bond acceptors (Lipinski definition) is 0. The van der Waals surface area contributed by atoms with Crippen LogP contribution in [-0.2, 0) is 0 Å². The molecule has 0 N–H and O–H groups in total. The van der Waals surface area contributed by atoms with Crippen LogP contribution in [0.3, 0.4) is 0 Å². The molecule has 0 aromatic heterocycles. The molecule has 0 aliphatic rings. The van der Waals surface area contributed by atoms with Crippen molar-refractivity contribution in [3.63, 3.8) is 0 Å². The molecule has 2 aromatic rings. The van der Waals surface area contributed by atoms with Crippen molar-refractivity contribution in [2.45, 2.75) is 0 Å². The molecular weight excluding hydrogens is 248 g/mol. The summed E-state index contributed by atoms with van der Waals surface area (Å²) >= 11 is 3.43. The summed E-state index contributed by atoms with van der Waals surface area (Å²) in [6.07, 6.45) is 1.89. The van der Waals surface area contributed by atoms with Crippen molar-refractivity contribution in [2.75, 3.05) is 0 Å². The summed E-state index contributed by atoms with van der Waals surface area (Å²) in [5.41, 5.74) is 3.61. The lowest BCUT2D eigenvalue weighted by atomic mass is 10.00. The first-order valence-corrected chi connectivity index (χ1v) is 5.58. The lowest BCUT2D eigenvalue weighted by molar-refractivity contribution is 1.57. The van der Waals surface area contributed by atoms with Gasteiger partial charge in [-0.25, -0.2) is 0 Å². The lowest BCUT2D eigenvalue weighted by Gasteiger charge is -2.05. The lowest BCUT2D eigenvalue weighted by Crippen LogP contribution is -1.81. The molecule has 0 saturated carbocycles. The summed E-state index contributed by atoms with van der Waals surface area (Å²) < 4.78 is 1.10. The van der Waals surface area contributed by atoms with Crippen molar-refractivity contribution in [1.29, 1.82) is 0 Å². The highest BCUT2D eigenvalue weighted by Crippen LogP contribution is 2.25. The molecule has 0 spiro atoms. The fourth-order valence-corrected chi connectivity index (χ4v) is 1.83. The molecule has 0 bridgehead atoms. The molecule has 0 atom stereocenters. The van der Waals surface area contributed by atoms with Crippen LogP contribution in [0.2, 0.25) is 0 Å². The van der Waals surface area contributed by atoms with Crippen LogP contribution in [0.4, 0.5) is 0 Å². The van der Waals surface area contributed by atoms with Gasteiger partial charge in [0, 0.05) is 4.47 Å². The Morgan fingerprint density at radius 2 is 1.60 bits per heavy atom. The number of hydrogen-bond donors (Lipinski definition) is 0. The van der Waals surface area contributed by atoms with Gasteiger partial charge in [0.05, 0.1) is 0 Å². The SMILES string of the molecule is C=Cc1ccccc1-c1ccc(Br)cc1. The van der Waals surface area contributed by atoms with E-state index in [9.17, 15) is 0 Å². The van der Waals surface area contributed by atoms with Crippen LogP contribution in [0.1, 0.15) is 5.56 Å². The molecule has 0 fully saturated rings. The van der Waals surface area contributed by atoms with Crippen LogP contribution in [0, 0.1) is 0 Å². The van der Waals surface area contributed by atoms with E-state index in [2.05, 4.69) is 58.9 Å². The maximum atomic E-state index is 3.83. The van der Waals surface area contributed by atoms with Crippen molar-refractivity contribution in [3.05, 3.63) is 65.1 Å². The quantitative estimate of drug-likeness (QED) is 0.729. The first kappa shape index (κ1) is 10.2. The van der Waals surface area contributed by atoms with Gasteiger partial charge in [-0.2, -0.15) is 0 Å². The summed E-state index contributed by atoms with van der Waals surface area (Å²) in [6, 6.07) is 16.6. The fourth-order valence-electron chi connectivity index (χ4n) is 1.57. The van der Waals surface area contributed by atoms with Crippen LogP contribution in [0.5, 0.6) is 0 Å². The molecular formula is C14H11Br. The molecule has 2 rings (SSSR count). The molecule has 1 heteroatoms. The van der Waals surface area contributed by atoms with Gasteiger partial charge >= 0.3 is 0 Å². The third kappa shape index (κ3) is 2.18. The summed E-state index contributed by atoms with van der Waals surface area (Å²) in [5.74, 6) is 0. The van der Waals surface area contributed by atoms with Gasteiger partial charge in [-0.15, -0.1) is 0 Å². The maximum absolute atomic E-state index is 3.83. The van der Waals surface area contributed by atoms with E-state index >= 15 is 0 Å². The van der Waals surface area contributed by atoms with E-state index in [4.69, 9.17) is 0 Å². The average molecular weight is 259 g/mol. The molecule has 2 aromatic carbocycles. The zero-order chi connectivity index (χ0) is 10.7. The van der Waals surface area contributed by atoms with Gasteiger partial charge in [0.15, 0.2) is 0 Å². The first-order valence-electron chi connectivity index (χ1n) is 4.78. The summed E-state index contributed by atoms with van der Waals surface area (Å²) in [6.45, 7) is 3.83. The normalized spacial score (nSPS) is 9.93. The average Bonchev–Trinajstić information content (AvgIpc) is 2.30. The summed E-state index contributed by atoms with van der Waals surface area (Å²) in [4.78, 5) is 0. The second kappa shape index (κ2) is 4.45. The van der Waals surface area contributed by atoms with E-state index < -0.39 is 0 Å². The predicted octanol–water partition coefficient (Wildman–Crippen LogP) is 4.76. The first-order chi connectivity index (χ1) is 7.31. The van der Waals surface area contributed by atoms with Gasteiger partial charge in [-0.1, -0.05) is 65.0 Å². The largest absolute Gasteiger partial charge is 0.0984 e. The van der Waals surface area contributed by atoms with Crippen molar-refractivity contribution >= 4 is 22.0 Å². The van der Waals surface area contributed by atoms with E-state index in [0.717, 1.165) is 4.47 Å². The Morgan fingerprint density at radius 3 is 2.27 bits per heavy atom. The van der Waals surface area contributed by atoms with Crippen LogP contribution in [0.25, 0.3) is 17.2 Å². The van der Waals surface area contributed by atoms with E-state index in [1.807, 2.05) is 18.2 Å². The highest BCUT2D eigenvalue weighted by atomic mass is 79.9. The van der Waals surface area contributed by atoms with Crippen LogP contribution in [-0.4, -0.2) is 0 Å². The third-order valence-corrected chi connectivity index (χ3v) is 2.86. The molecule has 0 aliphatic carbocycles. The van der Waals surface area contributed by atoms with Gasteiger partial charge in [-0.05, 0) is 28.8 Å². The van der Waals surface area contributed by atoms with Crippen LogP contribution >= 0.6 is 15.9 Å². The van der Waals surface area contributed by atoms with Gasteiger partial charge in [0.2, 0.25) is 0 Å². The second-order valence-electron chi connectivity index (χ2n) is 3.30. The minimum absolute atomic E-state index is 1.10. The Labute approximate surface area is 98.4 Å². The molecule has 74 valence electrons. The van der Waals surface area contributed by atoms with Crippen LogP contribution < -0.4 is 0 Å². The Kier molecular flexibility index (Phi) is 3.02. The van der Waals surface area contributed by atoms with Gasteiger partial charge in [0.1, 0.15) is 0 Å². The monoisotopic (exact) mass is 258 g/mol. The Bertz CT molecular complexity index is 469. The highest BCUT2D eigenvalue weighted by Gasteiger charge is 2.00. The maximum Gasteiger partial charge on any atom is 0.0175 e. The van der Waals surface area contributed by atoms with E-state index in [-0.39, 0.29) is 0 Å². The smallest absolute Gasteiger partial charge is 0.0175 e.